The molecule has 1 aliphatic heterocycles. The number of hydrogen-bond donors (Lipinski definition) is 2. The van der Waals surface area contributed by atoms with Gasteiger partial charge in [0.15, 0.2) is 5.79 Å². The number of thioether (sulfide) groups is 1. The van der Waals surface area contributed by atoms with E-state index in [4.69, 9.17) is 9.47 Å². The summed E-state index contributed by atoms with van der Waals surface area (Å²) in [4.78, 5) is 46.0. The minimum Gasteiger partial charge on any atom is -0.355 e. The Kier molecular flexibility index (Phi) is 8.23. The van der Waals surface area contributed by atoms with E-state index in [9.17, 15) is 19.2 Å². The predicted octanol–water partition coefficient (Wildman–Crippen LogP) is 0.635. The van der Waals surface area contributed by atoms with Gasteiger partial charge < -0.3 is 20.1 Å². The maximum atomic E-state index is 12.4. The molecule has 0 saturated carbocycles. The van der Waals surface area contributed by atoms with Gasteiger partial charge in [-0.05, 0) is 13.8 Å². The molecule has 2 N–H and O–H groups in total. The molecular formula is C17H28N2O6S. The van der Waals surface area contributed by atoms with Crippen molar-refractivity contribution < 1.29 is 28.7 Å². The van der Waals surface area contributed by atoms with Gasteiger partial charge in [-0.25, -0.2) is 0 Å². The number of carbonyl (C=O) groups is 4. The lowest BCUT2D eigenvalue weighted by Gasteiger charge is -2.44. The van der Waals surface area contributed by atoms with Crippen LogP contribution in [0, 0.1) is 5.41 Å². The Morgan fingerprint density at radius 2 is 1.73 bits per heavy atom. The van der Waals surface area contributed by atoms with Gasteiger partial charge in [-0.15, -0.1) is 0 Å². The molecule has 0 aromatic heterocycles. The number of hydrogen-bond acceptors (Lipinski definition) is 7. The molecule has 0 radical (unpaired) electrons. The highest BCUT2D eigenvalue weighted by Crippen LogP contribution is 2.34. The molecule has 0 bridgehead atoms. The number of amides is 2. The molecule has 2 amide bonds. The highest BCUT2D eigenvalue weighted by atomic mass is 32.2. The zero-order chi connectivity index (χ0) is 20.0. The van der Waals surface area contributed by atoms with Crippen molar-refractivity contribution in [3.63, 3.8) is 0 Å². The maximum absolute atomic E-state index is 12.4. The number of rotatable bonds is 8. The first kappa shape index (κ1) is 22.6. The Morgan fingerprint density at radius 1 is 1.08 bits per heavy atom. The van der Waals surface area contributed by atoms with Gasteiger partial charge in [-0.1, -0.05) is 25.6 Å². The molecule has 1 fully saturated rings. The van der Waals surface area contributed by atoms with Crippen molar-refractivity contribution in [2.45, 2.75) is 52.9 Å². The van der Waals surface area contributed by atoms with E-state index >= 15 is 0 Å². The van der Waals surface area contributed by atoms with Crippen LogP contribution in [0.25, 0.3) is 0 Å². The summed E-state index contributed by atoms with van der Waals surface area (Å²) in [7, 11) is 0. The third-order valence-corrected chi connectivity index (χ3v) is 4.70. The Morgan fingerprint density at radius 3 is 2.35 bits per heavy atom. The van der Waals surface area contributed by atoms with Gasteiger partial charge >= 0.3 is 0 Å². The van der Waals surface area contributed by atoms with Crippen LogP contribution in [0.4, 0.5) is 0 Å². The van der Waals surface area contributed by atoms with Crippen LogP contribution >= 0.6 is 11.8 Å². The Balaban J connectivity index is 2.29. The SMILES string of the molecule is CC(=O)C(=O)SCCNC(=O)CCNC(=O)[C@@H]1OC(C)(C)OCC1(C)C. The van der Waals surface area contributed by atoms with Crippen molar-refractivity contribution in [2.24, 2.45) is 5.41 Å². The fourth-order valence-corrected chi connectivity index (χ4v) is 2.83. The van der Waals surface area contributed by atoms with Crippen molar-refractivity contribution in [1.29, 1.82) is 0 Å². The number of Topliss-reactive ketones (excluding diaryl/α,β-unsaturated/α-hetero) is 1. The first-order valence-corrected chi connectivity index (χ1v) is 9.47. The van der Waals surface area contributed by atoms with E-state index in [1.807, 2.05) is 13.8 Å². The molecule has 1 saturated heterocycles. The largest absolute Gasteiger partial charge is 0.355 e. The molecule has 148 valence electrons. The van der Waals surface area contributed by atoms with Gasteiger partial charge in [0.05, 0.1) is 6.61 Å². The number of ketones is 1. The third kappa shape index (κ3) is 7.43. The molecular weight excluding hydrogens is 360 g/mol. The molecule has 1 rings (SSSR count). The van der Waals surface area contributed by atoms with E-state index in [0.29, 0.717) is 12.4 Å². The van der Waals surface area contributed by atoms with Crippen LogP contribution in [0.15, 0.2) is 0 Å². The smallest absolute Gasteiger partial charge is 0.254 e. The van der Waals surface area contributed by atoms with Crippen LogP contribution in [0.3, 0.4) is 0 Å². The fraction of sp³-hybridized carbons (Fsp3) is 0.765. The lowest BCUT2D eigenvalue weighted by atomic mass is 9.85. The first-order valence-electron chi connectivity index (χ1n) is 8.48. The van der Waals surface area contributed by atoms with Crippen molar-refractivity contribution in [3.05, 3.63) is 0 Å². The number of carbonyl (C=O) groups excluding carboxylic acids is 4. The zero-order valence-corrected chi connectivity index (χ0v) is 16.8. The van der Waals surface area contributed by atoms with Gasteiger partial charge in [0.25, 0.3) is 5.12 Å². The first-order chi connectivity index (χ1) is 11.9. The van der Waals surface area contributed by atoms with Crippen LogP contribution in [0.1, 0.15) is 41.0 Å². The quantitative estimate of drug-likeness (QED) is 0.463. The van der Waals surface area contributed by atoms with E-state index < -0.39 is 28.2 Å². The third-order valence-electron chi connectivity index (χ3n) is 3.74. The maximum Gasteiger partial charge on any atom is 0.254 e. The molecule has 26 heavy (non-hydrogen) atoms. The van der Waals surface area contributed by atoms with E-state index in [0.717, 1.165) is 11.8 Å². The summed E-state index contributed by atoms with van der Waals surface area (Å²) in [6.45, 7) is 9.35. The molecule has 0 spiro atoms. The van der Waals surface area contributed by atoms with Crippen LogP contribution in [0.2, 0.25) is 0 Å². The van der Waals surface area contributed by atoms with Gasteiger partial charge in [0.2, 0.25) is 17.6 Å². The number of nitrogens with one attached hydrogen (secondary N) is 2. The Bertz CT molecular complexity index is 561. The molecule has 0 unspecified atom stereocenters. The highest BCUT2D eigenvalue weighted by Gasteiger charge is 2.45. The molecule has 1 atom stereocenters. The molecule has 0 aromatic carbocycles. The normalized spacial score (nSPS) is 20.9. The van der Waals surface area contributed by atoms with Crippen molar-refractivity contribution >= 4 is 34.5 Å². The monoisotopic (exact) mass is 388 g/mol. The van der Waals surface area contributed by atoms with Crippen molar-refractivity contribution in [1.82, 2.24) is 10.6 Å². The Labute approximate surface area is 158 Å². The van der Waals surface area contributed by atoms with Gasteiger partial charge in [-0.2, -0.15) is 0 Å². The zero-order valence-electron chi connectivity index (χ0n) is 16.0. The molecule has 8 nitrogen and oxygen atoms in total. The standard InChI is InChI=1S/C17H28N2O6S/c1-11(20)15(23)26-9-8-18-12(21)6-7-19-14(22)13-16(2,3)10-24-17(4,5)25-13/h13H,6-10H2,1-5H3,(H,18,21)(H,19,22)/t13-/m0/s1. The van der Waals surface area contributed by atoms with Crippen molar-refractivity contribution in [3.8, 4) is 0 Å². The Hall–Kier alpha value is -1.45. The summed E-state index contributed by atoms with van der Waals surface area (Å²) in [6.07, 6.45) is -0.548. The summed E-state index contributed by atoms with van der Waals surface area (Å²) in [5.74, 6) is -1.53. The molecule has 1 aliphatic rings. The summed E-state index contributed by atoms with van der Waals surface area (Å²) < 4.78 is 11.3. The lowest BCUT2D eigenvalue weighted by Crippen LogP contribution is -2.56. The van der Waals surface area contributed by atoms with Gasteiger partial charge in [0, 0.05) is 37.6 Å². The lowest BCUT2D eigenvalue weighted by molar-refractivity contribution is -0.304. The van der Waals surface area contributed by atoms with Crippen LogP contribution in [-0.4, -0.2) is 60.1 Å². The average Bonchev–Trinajstić information content (AvgIpc) is 2.53. The summed E-state index contributed by atoms with van der Waals surface area (Å²) in [5, 5.41) is 4.83. The van der Waals surface area contributed by atoms with Crippen LogP contribution in [0.5, 0.6) is 0 Å². The van der Waals surface area contributed by atoms with Crippen LogP contribution < -0.4 is 10.6 Å². The van der Waals surface area contributed by atoms with Crippen LogP contribution in [-0.2, 0) is 28.7 Å². The minimum absolute atomic E-state index is 0.115. The predicted molar refractivity (Wildman–Crippen MR) is 97.5 cm³/mol. The minimum atomic E-state index is -0.829. The topological polar surface area (TPSA) is 111 Å². The average molecular weight is 388 g/mol. The summed E-state index contributed by atoms with van der Waals surface area (Å²) in [5.41, 5.74) is -0.470. The van der Waals surface area contributed by atoms with Gasteiger partial charge in [0.1, 0.15) is 6.10 Å². The van der Waals surface area contributed by atoms with E-state index in [-0.39, 0.29) is 31.3 Å². The number of ether oxygens (including phenoxy) is 2. The van der Waals surface area contributed by atoms with E-state index in [1.54, 1.807) is 13.8 Å². The molecule has 9 heteroatoms. The molecule has 0 aromatic rings. The molecule has 0 aliphatic carbocycles. The fourth-order valence-electron chi connectivity index (χ4n) is 2.24. The van der Waals surface area contributed by atoms with Gasteiger partial charge in [-0.3, -0.25) is 19.2 Å². The highest BCUT2D eigenvalue weighted by molar-refractivity contribution is 8.15. The second-order valence-electron chi connectivity index (χ2n) is 7.26. The summed E-state index contributed by atoms with van der Waals surface area (Å²) in [6, 6.07) is 0. The molecule has 1 heterocycles. The second-order valence-corrected chi connectivity index (χ2v) is 8.33. The second kappa shape index (κ2) is 9.48. The van der Waals surface area contributed by atoms with Crippen molar-refractivity contribution in [2.75, 3.05) is 25.4 Å². The van der Waals surface area contributed by atoms with E-state index in [1.165, 1.54) is 6.92 Å². The summed E-state index contributed by atoms with van der Waals surface area (Å²) >= 11 is 0.872. The van der Waals surface area contributed by atoms with E-state index in [2.05, 4.69) is 10.6 Å².